The Bertz CT molecular complexity index is 783. The summed E-state index contributed by atoms with van der Waals surface area (Å²) in [4.78, 5) is 9.90. The Morgan fingerprint density at radius 3 is 2.48 bits per heavy atom. The van der Waals surface area contributed by atoms with E-state index in [1.165, 1.54) is 12.1 Å². The number of nitrogens with one attached hydrogen (secondary N) is 1. The zero-order valence-electron chi connectivity index (χ0n) is 12.4. The van der Waals surface area contributed by atoms with Gasteiger partial charge in [0.25, 0.3) is 5.69 Å². The molecule has 2 N–H and O–H groups in total. The second-order valence-corrected chi connectivity index (χ2v) is 6.76. The van der Waals surface area contributed by atoms with Gasteiger partial charge in [-0.25, -0.2) is 13.1 Å². The van der Waals surface area contributed by atoms with Crippen LogP contribution in [0, 0.1) is 10.1 Å². The third-order valence-corrected chi connectivity index (χ3v) is 4.87. The molecule has 1 aromatic carbocycles. The smallest absolute Gasteiger partial charge is 0.269 e. The van der Waals surface area contributed by atoms with Crippen LogP contribution in [-0.2, 0) is 17.1 Å². The number of hydrogen-bond acceptors (Lipinski definition) is 5. The van der Waals surface area contributed by atoms with E-state index in [-0.39, 0.29) is 23.5 Å². The molecular formula is C14H17N3O5S. The lowest BCUT2D eigenvalue weighted by Crippen LogP contribution is -2.26. The minimum absolute atomic E-state index is 0.0473. The van der Waals surface area contributed by atoms with Crippen LogP contribution in [0.1, 0.15) is 18.2 Å². The van der Waals surface area contributed by atoms with Gasteiger partial charge in [-0.1, -0.05) is 0 Å². The molecule has 1 aromatic heterocycles. The van der Waals surface area contributed by atoms with Gasteiger partial charge in [0.15, 0.2) is 0 Å². The van der Waals surface area contributed by atoms with E-state index in [2.05, 4.69) is 4.72 Å². The fourth-order valence-electron chi connectivity index (χ4n) is 2.13. The molecule has 0 bridgehead atoms. The second-order valence-electron chi connectivity index (χ2n) is 5.00. The number of aryl methyl sites for hydroxylation is 1. The molecule has 124 valence electrons. The summed E-state index contributed by atoms with van der Waals surface area (Å²) < 4.78 is 28.3. The molecule has 8 nitrogen and oxygen atoms in total. The van der Waals surface area contributed by atoms with E-state index < -0.39 is 21.1 Å². The lowest BCUT2D eigenvalue weighted by Gasteiger charge is -2.12. The number of sulfonamides is 1. The van der Waals surface area contributed by atoms with Gasteiger partial charge in [0.2, 0.25) is 10.0 Å². The molecule has 0 radical (unpaired) electrons. The third-order valence-electron chi connectivity index (χ3n) is 3.39. The van der Waals surface area contributed by atoms with Gasteiger partial charge >= 0.3 is 0 Å². The van der Waals surface area contributed by atoms with Crippen LogP contribution in [0.3, 0.4) is 0 Å². The molecule has 9 heteroatoms. The maximum Gasteiger partial charge on any atom is 0.269 e. The van der Waals surface area contributed by atoms with Gasteiger partial charge in [-0.2, -0.15) is 0 Å². The summed E-state index contributed by atoms with van der Waals surface area (Å²) >= 11 is 0. The number of nitro groups is 1. The van der Waals surface area contributed by atoms with Gasteiger partial charge in [-0.15, -0.1) is 0 Å². The molecule has 0 saturated heterocycles. The lowest BCUT2D eigenvalue weighted by molar-refractivity contribution is -0.384. The summed E-state index contributed by atoms with van der Waals surface area (Å²) in [7, 11) is -1.98. The number of aromatic nitrogens is 1. The van der Waals surface area contributed by atoms with E-state index in [9.17, 15) is 23.6 Å². The van der Waals surface area contributed by atoms with Crippen molar-refractivity contribution in [3.05, 3.63) is 58.4 Å². The first kappa shape index (κ1) is 17.1. The standard InChI is InChI=1S/C14H17N3O5S/c1-16-10-2-3-13(16)14(18)8-9-15-23(21,22)12-6-4-11(5-7-12)17(19)20/h2-7,10,14-15,18H,8-9H2,1H3. The van der Waals surface area contributed by atoms with Gasteiger partial charge < -0.3 is 9.67 Å². The highest BCUT2D eigenvalue weighted by atomic mass is 32.2. The predicted molar refractivity (Wildman–Crippen MR) is 83.3 cm³/mol. The van der Waals surface area contributed by atoms with Crippen molar-refractivity contribution in [2.24, 2.45) is 7.05 Å². The molecule has 1 atom stereocenters. The number of aliphatic hydroxyl groups is 1. The summed E-state index contributed by atoms with van der Waals surface area (Å²) in [6, 6.07) is 8.16. The summed E-state index contributed by atoms with van der Waals surface area (Å²) in [5.41, 5.74) is 0.516. The molecule has 0 aliphatic heterocycles. The van der Waals surface area contributed by atoms with Crippen LogP contribution in [0.25, 0.3) is 0 Å². The molecule has 0 aliphatic rings. The van der Waals surface area contributed by atoms with Crippen LogP contribution in [0.4, 0.5) is 5.69 Å². The number of nitro benzene ring substituents is 1. The van der Waals surface area contributed by atoms with E-state index >= 15 is 0 Å². The van der Waals surface area contributed by atoms with Gasteiger partial charge in [-0.05, 0) is 30.7 Å². The van der Waals surface area contributed by atoms with Crippen molar-refractivity contribution in [3.8, 4) is 0 Å². The van der Waals surface area contributed by atoms with Crippen LogP contribution in [0.15, 0.2) is 47.5 Å². The number of non-ortho nitro benzene ring substituents is 1. The summed E-state index contributed by atoms with van der Waals surface area (Å²) in [6.07, 6.45) is 1.22. The molecule has 0 spiro atoms. The number of hydrogen-bond donors (Lipinski definition) is 2. The zero-order chi connectivity index (χ0) is 17.0. The lowest BCUT2D eigenvalue weighted by atomic mass is 10.2. The minimum atomic E-state index is -3.77. The normalized spacial score (nSPS) is 13.0. The Hall–Kier alpha value is -2.23. The van der Waals surface area contributed by atoms with Gasteiger partial charge in [0, 0.05) is 37.6 Å². The van der Waals surface area contributed by atoms with Crippen LogP contribution in [-0.4, -0.2) is 29.6 Å². The molecular weight excluding hydrogens is 322 g/mol. The van der Waals surface area contributed by atoms with Crippen LogP contribution in [0.2, 0.25) is 0 Å². The number of rotatable bonds is 7. The maximum absolute atomic E-state index is 12.1. The highest BCUT2D eigenvalue weighted by Gasteiger charge is 2.17. The Morgan fingerprint density at radius 2 is 1.96 bits per heavy atom. The molecule has 1 heterocycles. The zero-order valence-corrected chi connectivity index (χ0v) is 13.2. The molecule has 23 heavy (non-hydrogen) atoms. The first-order valence-corrected chi connectivity index (χ1v) is 8.33. The summed E-state index contributed by atoms with van der Waals surface area (Å²) in [5.74, 6) is 0. The van der Waals surface area contributed by atoms with Crippen LogP contribution < -0.4 is 4.72 Å². The third kappa shape index (κ3) is 4.15. The quantitative estimate of drug-likeness (QED) is 0.583. The van der Waals surface area contributed by atoms with Crippen molar-refractivity contribution < 1.29 is 18.4 Å². The van der Waals surface area contributed by atoms with E-state index in [1.54, 1.807) is 29.9 Å². The SMILES string of the molecule is Cn1cccc1C(O)CCNS(=O)(=O)c1ccc([N+](=O)[O-])cc1. The Kier molecular flexibility index (Phi) is 5.14. The van der Waals surface area contributed by atoms with Crippen molar-refractivity contribution in [2.75, 3.05) is 6.54 Å². The minimum Gasteiger partial charge on any atom is -0.387 e. The molecule has 2 aromatic rings. The molecule has 2 rings (SSSR count). The van der Waals surface area contributed by atoms with Gasteiger partial charge in [0.05, 0.1) is 15.9 Å². The number of aliphatic hydroxyl groups excluding tert-OH is 1. The maximum atomic E-state index is 12.1. The molecule has 0 aliphatic carbocycles. The van der Waals surface area contributed by atoms with Crippen molar-refractivity contribution in [1.29, 1.82) is 0 Å². The van der Waals surface area contributed by atoms with E-state index in [0.717, 1.165) is 12.1 Å². The largest absolute Gasteiger partial charge is 0.387 e. The van der Waals surface area contributed by atoms with Gasteiger partial charge in [-0.3, -0.25) is 10.1 Å². The average Bonchev–Trinajstić information content (AvgIpc) is 2.93. The van der Waals surface area contributed by atoms with Crippen LogP contribution >= 0.6 is 0 Å². The fraction of sp³-hybridized carbons (Fsp3) is 0.286. The summed E-state index contributed by atoms with van der Waals surface area (Å²) in [5, 5.41) is 20.6. The Labute approximate surface area is 133 Å². The number of nitrogens with zero attached hydrogens (tertiary/aromatic N) is 2. The van der Waals surface area contributed by atoms with Crippen molar-refractivity contribution in [2.45, 2.75) is 17.4 Å². The molecule has 0 amide bonds. The van der Waals surface area contributed by atoms with Crippen LogP contribution in [0.5, 0.6) is 0 Å². The number of benzene rings is 1. The van der Waals surface area contributed by atoms with Gasteiger partial charge in [0.1, 0.15) is 0 Å². The summed E-state index contributed by atoms with van der Waals surface area (Å²) in [6.45, 7) is 0.0473. The van der Waals surface area contributed by atoms with E-state index in [1.807, 2.05) is 0 Å². The Balaban J connectivity index is 1.96. The highest BCUT2D eigenvalue weighted by molar-refractivity contribution is 7.89. The van der Waals surface area contributed by atoms with E-state index in [4.69, 9.17) is 0 Å². The fourth-order valence-corrected chi connectivity index (χ4v) is 3.18. The molecule has 1 unspecified atom stereocenters. The highest BCUT2D eigenvalue weighted by Crippen LogP contribution is 2.18. The van der Waals surface area contributed by atoms with Crippen molar-refractivity contribution in [3.63, 3.8) is 0 Å². The Morgan fingerprint density at radius 1 is 1.30 bits per heavy atom. The van der Waals surface area contributed by atoms with Crippen molar-refractivity contribution in [1.82, 2.24) is 9.29 Å². The first-order valence-electron chi connectivity index (χ1n) is 6.84. The first-order chi connectivity index (χ1) is 10.8. The van der Waals surface area contributed by atoms with Crippen molar-refractivity contribution >= 4 is 15.7 Å². The molecule has 0 saturated carbocycles. The molecule has 0 fully saturated rings. The predicted octanol–water partition coefficient (Wildman–Crippen LogP) is 1.34. The van der Waals surface area contributed by atoms with E-state index in [0.29, 0.717) is 5.69 Å². The topological polar surface area (TPSA) is 114 Å². The average molecular weight is 339 g/mol. The monoisotopic (exact) mass is 339 g/mol. The second kappa shape index (κ2) is 6.90.